The SMILES string of the molecule is Cc1ccccc1-n1c(C)[n+](C)c2cc3oc4cc5ccccc5cc4c3cc21. The third kappa shape index (κ3) is 2.21. The van der Waals surface area contributed by atoms with Gasteiger partial charge >= 0.3 is 0 Å². The predicted octanol–water partition coefficient (Wildman–Crippen LogP) is 6.12. The number of aromatic nitrogens is 2. The van der Waals surface area contributed by atoms with Crippen molar-refractivity contribution in [2.24, 2.45) is 7.05 Å². The third-order valence-electron chi connectivity index (χ3n) is 6.20. The Morgan fingerprint density at radius 3 is 2.21 bits per heavy atom. The fourth-order valence-electron chi connectivity index (χ4n) is 4.55. The molecule has 3 heteroatoms. The molecule has 0 amide bonds. The fourth-order valence-corrected chi connectivity index (χ4v) is 4.55. The lowest BCUT2D eigenvalue weighted by atomic mass is 10.1. The molecule has 3 nitrogen and oxygen atoms in total. The Kier molecular flexibility index (Phi) is 3.22. The zero-order chi connectivity index (χ0) is 19.7. The number of imidazole rings is 1. The summed E-state index contributed by atoms with van der Waals surface area (Å²) in [5.74, 6) is 1.19. The van der Waals surface area contributed by atoms with E-state index in [4.69, 9.17) is 4.42 Å². The second kappa shape index (κ2) is 5.71. The standard InChI is InChI=1S/C26H21N2O/c1-16-8-4-7-11-22(16)28-17(2)27(3)23-15-26-21(14-24(23)28)20-12-18-9-5-6-10-19(18)13-25(20)29-26/h4-15H,1-3H3/q+1. The summed E-state index contributed by atoms with van der Waals surface area (Å²) < 4.78 is 10.9. The number of furan rings is 1. The van der Waals surface area contributed by atoms with Gasteiger partial charge in [-0.3, -0.25) is 0 Å². The minimum atomic E-state index is 0.931. The first-order valence-electron chi connectivity index (χ1n) is 9.94. The number of benzene rings is 4. The van der Waals surface area contributed by atoms with E-state index in [-0.39, 0.29) is 0 Å². The highest BCUT2D eigenvalue weighted by Crippen LogP contribution is 2.35. The number of rotatable bonds is 1. The molecule has 0 saturated heterocycles. The molecule has 6 aromatic rings. The lowest BCUT2D eigenvalue weighted by Crippen LogP contribution is -2.30. The quantitative estimate of drug-likeness (QED) is 0.316. The van der Waals surface area contributed by atoms with Crippen LogP contribution in [0.25, 0.3) is 49.4 Å². The maximum atomic E-state index is 6.28. The van der Waals surface area contributed by atoms with Gasteiger partial charge in [0.15, 0.2) is 11.0 Å². The highest BCUT2D eigenvalue weighted by molar-refractivity contribution is 6.12. The van der Waals surface area contributed by atoms with Gasteiger partial charge < -0.3 is 4.42 Å². The first-order valence-corrected chi connectivity index (χ1v) is 9.94. The molecular formula is C26H21N2O+. The predicted molar refractivity (Wildman–Crippen MR) is 119 cm³/mol. The summed E-state index contributed by atoms with van der Waals surface area (Å²) in [5, 5.41) is 4.76. The van der Waals surface area contributed by atoms with Gasteiger partial charge in [-0.2, -0.15) is 4.57 Å². The van der Waals surface area contributed by atoms with Crippen LogP contribution in [0.4, 0.5) is 0 Å². The third-order valence-corrected chi connectivity index (χ3v) is 6.20. The van der Waals surface area contributed by atoms with Crippen molar-refractivity contribution < 1.29 is 8.98 Å². The van der Waals surface area contributed by atoms with Crippen LogP contribution in [0.5, 0.6) is 0 Å². The Morgan fingerprint density at radius 1 is 0.759 bits per heavy atom. The van der Waals surface area contributed by atoms with Crippen molar-refractivity contribution in [3.63, 3.8) is 0 Å². The van der Waals surface area contributed by atoms with Crippen LogP contribution in [-0.4, -0.2) is 4.57 Å². The van der Waals surface area contributed by atoms with Gasteiger partial charge in [-0.1, -0.05) is 42.5 Å². The molecule has 0 saturated carbocycles. The molecule has 0 fully saturated rings. The smallest absolute Gasteiger partial charge is 0.259 e. The van der Waals surface area contributed by atoms with Crippen LogP contribution in [-0.2, 0) is 7.05 Å². The van der Waals surface area contributed by atoms with E-state index in [0.717, 1.165) is 16.6 Å². The molecule has 0 unspecified atom stereocenters. The average Bonchev–Trinajstić information content (AvgIpc) is 3.19. The lowest BCUT2D eigenvalue weighted by Gasteiger charge is -2.03. The molecule has 4 aromatic carbocycles. The minimum absolute atomic E-state index is 0.931. The number of nitrogens with zero attached hydrogens (tertiary/aromatic N) is 2. The number of hydrogen-bond acceptors (Lipinski definition) is 1. The van der Waals surface area contributed by atoms with Gasteiger partial charge in [0.25, 0.3) is 5.82 Å². The van der Waals surface area contributed by atoms with Crippen molar-refractivity contribution in [3.05, 3.63) is 84.2 Å². The number of fused-ring (bicyclic) bond motifs is 5. The van der Waals surface area contributed by atoms with Crippen LogP contribution in [0.15, 0.2) is 77.2 Å². The van der Waals surface area contributed by atoms with Crippen LogP contribution in [0.1, 0.15) is 11.4 Å². The maximum Gasteiger partial charge on any atom is 0.259 e. The van der Waals surface area contributed by atoms with Crippen molar-refractivity contribution in [3.8, 4) is 5.69 Å². The van der Waals surface area contributed by atoms with Crippen LogP contribution >= 0.6 is 0 Å². The molecule has 140 valence electrons. The second-order valence-electron chi connectivity index (χ2n) is 7.86. The number of hydrogen-bond donors (Lipinski definition) is 0. The summed E-state index contributed by atoms with van der Waals surface area (Å²) in [5.41, 5.74) is 6.71. The molecule has 2 heterocycles. The molecule has 6 rings (SSSR count). The van der Waals surface area contributed by atoms with Crippen LogP contribution < -0.4 is 4.57 Å². The Bertz CT molecular complexity index is 1580. The fraction of sp³-hybridized carbons (Fsp3) is 0.115. The molecule has 0 aliphatic rings. The van der Waals surface area contributed by atoms with Crippen molar-refractivity contribution in [1.29, 1.82) is 0 Å². The Morgan fingerprint density at radius 2 is 1.41 bits per heavy atom. The van der Waals surface area contributed by atoms with Crippen LogP contribution in [0.2, 0.25) is 0 Å². The Labute approximate surface area is 168 Å². The van der Waals surface area contributed by atoms with E-state index < -0.39 is 0 Å². The van der Waals surface area contributed by atoms with Crippen molar-refractivity contribution >= 4 is 43.7 Å². The topological polar surface area (TPSA) is 21.9 Å². The zero-order valence-corrected chi connectivity index (χ0v) is 16.7. The molecule has 0 bridgehead atoms. The van der Waals surface area contributed by atoms with Gasteiger partial charge in [0.2, 0.25) is 0 Å². The average molecular weight is 377 g/mol. The van der Waals surface area contributed by atoms with E-state index in [1.807, 2.05) is 0 Å². The van der Waals surface area contributed by atoms with Crippen molar-refractivity contribution in [2.45, 2.75) is 13.8 Å². The molecule has 0 N–H and O–H groups in total. The second-order valence-corrected chi connectivity index (χ2v) is 7.86. The summed E-state index contributed by atoms with van der Waals surface area (Å²) in [6.07, 6.45) is 0. The molecule has 29 heavy (non-hydrogen) atoms. The van der Waals surface area contributed by atoms with Gasteiger partial charge in [-0.15, -0.1) is 0 Å². The highest BCUT2D eigenvalue weighted by Gasteiger charge is 2.24. The molecule has 0 atom stereocenters. The van der Waals surface area contributed by atoms with E-state index in [1.165, 1.54) is 44.3 Å². The van der Waals surface area contributed by atoms with E-state index in [0.29, 0.717) is 0 Å². The molecule has 2 aromatic heterocycles. The van der Waals surface area contributed by atoms with E-state index in [9.17, 15) is 0 Å². The summed E-state index contributed by atoms with van der Waals surface area (Å²) in [6.45, 7) is 4.33. The molecule has 0 aliphatic heterocycles. The maximum absolute atomic E-state index is 6.28. The summed E-state index contributed by atoms with van der Waals surface area (Å²) in [4.78, 5) is 0. The van der Waals surface area contributed by atoms with Gasteiger partial charge in [0.1, 0.15) is 16.9 Å². The van der Waals surface area contributed by atoms with E-state index in [2.05, 4.69) is 103 Å². The van der Waals surface area contributed by atoms with Gasteiger partial charge in [-0.25, -0.2) is 4.57 Å². The van der Waals surface area contributed by atoms with Crippen molar-refractivity contribution in [2.75, 3.05) is 0 Å². The molecule has 0 aliphatic carbocycles. The number of aryl methyl sites for hydroxylation is 2. The molecule has 0 spiro atoms. The van der Waals surface area contributed by atoms with Gasteiger partial charge in [0.05, 0.1) is 7.05 Å². The summed E-state index contributed by atoms with van der Waals surface area (Å²) in [7, 11) is 2.12. The monoisotopic (exact) mass is 377 g/mol. The van der Waals surface area contributed by atoms with Crippen LogP contribution in [0.3, 0.4) is 0 Å². The molecule has 0 radical (unpaired) electrons. The zero-order valence-electron chi connectivity index (χ0n) is 16.7. The van der Waals surface area contributed by atoms with E-state index in [1.54, 1.807) is 0 Å². The number of para-hydroxylation sites is 1. The normalized spacial score (nSPS) is 12.0. The largest absolute Gasteiger partial charge is 0.456 e. The highest BCUT2D eigenvalue weighted by atomic mass is 16.3. The molecular weight excluding hydrogens is 356 g/mol. The van der Waals surface area contributed by atoms with Crippen molar-refractivity contribution in [1.82, 2.24) is 4.57 Å². The van der Waals surface area contributed by atoms with E-state index >= 15 is 0 Å². The first kappa shape index (κ1) is 16.4. The van der Waals surface area contributed by atoms with Gasteiger partial charge in [0, 0.05) is 29.8 Å². The summed E-state index contributed by atoms with van der Waals surface area (Å²) in [6, 6.07) is 25.8. The van der Waals surface area contributed by atoms with Gasteiger partial charge in [-0.05, 0) is 41.5 Å². The lowest BCUT2D eigenvalue weighted by molar-refractivity contribution is -0.652. The minimum Gasteiger partial charge on any atom is -0.456 e. The first-order chi connectivity index (χ1) is 14.1. The summed E-state index contributed by atoms with van der Waals surface area (Å²) >= 11 is 0. The van der Waals surface area contributed by atoms with Crippen LogP contribution in [0, 0.1) is 13.8 Å². The Balaban J connectivity index is 1.76. The Hall–Kier alpha value is -3.59.